The molecule has 0 saturated carbocycles. The molecule has 0 spiro atoms. The number of thiocarbonyl (C=S) groups is 1. The second kappa shape index (κ2) is 8.72. The van der Waals surface area contributed by atoms with Gasteiger partial charge in [0.1, 0.15) is 5.57 Å². The van der Waals surface area contributed by atoms with E-state index in [1.54, 1.807) is 12.1 Å². The quantitative estimate of drug-likeness (QED) is 0.336. The largest absolute Gasteiger partial charge is 0.478 e. The summed E-state index contributed by atoms with van der Waals surface area (Å²) in [6, 6.07) is 14.0. The van der Waals surface area contributed by atoms with E-state index in [0.29, 0.717) is 0 Å². The summed E-state index contributed by atoms with van der Waals surface area (Å²) in [6.45, 7) is 7.97. The third-order valence-corrected chi connectivity index (χ3v) is 5.97. The van der Waals surface area contributed by atoms with E-state index in [1.165, 1.54) is 18.2 Å². The standard InChI is InChI=1S/C26H23N3O4S/c1-14-8-15(2)10-21(9-14)28-16(3)11-19(17(28)4)13-22-23(30)27-26(34)29(24(22)31)20-7-5-6-18(12-20)25(32)33/h5-13H,1-4H3,(H,32,33)(H,27,30,34). The maximum absolute atomic E-state index is 13.3. The number of aromatic nitrogens is 1. The van der Waals surface area contributed by atoms with Gasteiger partial charge in [-0.15, -0.1) is 0 Å². The maximum atomic E-state index is 13.3. The number of carbonyl (C=O) groups excluding carboxylic acids is 2. The lowest BCUT2D eigenvalue weighted by Crippen LogP contribution is -2.54. The molecular weight excluding hydrogens is 450 g/mol. The molecule has 8 heteroatoms. The topological polar surface area (TPSA) is 91.6 Å². The van der Waals surface area contributed by atoms with Gasteiger partial charge in [0, 0.05) is 17.1 Å². The first-order valence-electron chi connectivity index (χ1n) is 10.6. The Balaban J connectivity index is 1.78. The molecule has 2 amide bonds. The minimum Gasteiger partial charge on any atom is -0.478 e. The summed E-state index contributed by atoms with van der Waals surface area (Å²) in [5.74, 6) is -2.35. The van der Waals surface area contributed by atoms with Crippen molar-refractivity contribution in [1.29, 1.82) is 0 Å². The smallest absolute Gasteiger partial charge is 0.335 e. The van der Waals surface area contributed by atoms with Crippen LogP contribution >= 0.6 is 12.2 Å². The number of benzene rings is 2. The number of nitrogens with one attached hydrogen (secondary N) is 1. The normalized spacial score (nSPS) is 15.1. The van der Waals surface area contributed by atoms with Crippen molar-refractivity contribution in [3.05, 3.63) is 87.7 Å². The molecule has 1 aliphatic heterocycles. The highest BCUT2D eigenvalue weighted by atomic mass is 32.1. The minimum absolute atomic E-state index is 0.00697. The number of rotatable bonds is 4. The van der Waals surface area contributed by atoms with Crippen LogP contribution in [0.5, 0.6) is 0 Å². The number of carboxylic acids is 1. The van der Waals surface area contributed by atoms with Crippen LogP contribution in [0.1, 0.15) is 38.4 Å². The van der Waals surface area contributed by atoms with Crippen LogP contribution in [0.4, 0.5) is 5.69 Å². The fourth-order valence-electron chi connectivity index (χ4n) is 4.24. The number of aryl methyl sites for hydroxylation is 3. The summed E-state index contributed by atoms with van der Waals surface area (Å²) < 4.78 is 2.08. The number of carbonyl (C=O) groups is 3. The Hall–Kier alpha value is -4.04. The Bertz CT molecular complexity index is 1400. The predicted octanol–water partition coefficient (Wildman–Crippen LogP) is 4.24. The van der Waals surface area contributed by atoms with Crippen LogP contribution in [0.15, 0.2) is 54.1 Å². The van der Waals surface area contributed by atoms with Gasteiger partial charge in [0.2, 0.25) is 0 Å². The molecule has 172 valence electrons. The van der Waals surface area contributed by atoms with Gasteiger partial charge in [-0.2, -0.15) is 0 Å². The van der Waals surface area contributed by atoms with Crippen molar-refractivity contribution in [1.82, 2.24) is 9.88 Å². The lowest BCUT2D eigenvalue weighted by molar-refractivity contribution is -0.122. The van der Waals surface area contributed by atoms with E-state index in [2.05, 4.69) is 28.1 Å². The highest BCUT2D eigenvalue weighted by molar-refractivity contribution is 7.80. The average molecular weight is 474 g/mol. The number of nitrogens with zero attached hydrogens (tertiary/aromatic N) is 2. The zero-order valence-electron chi connectivity index (χ0n) is 19.2. The molecule has 7 nitrogen and oxygen atoms in total. The molecule has 0 radical (unpaired) electrons. The molecule has 2 aromatic carbocycles. The molecule has 2 heterocycles. The first-order chi connectivity index (χ1) is 16.1. The van der Waals surface area contributed by atoms with Crippen LogP contribution in [-0.2, 0) is 9.59 Å². The summed E-state index contributed by atoms with van der Waals surface area (Å²) in [5.41, 5.74) is 6.02. The second-order valence-electron chi connectivity index (χ2n) is 8.32. The fourth-order valence-corrected chi connectivity index (χ4v) is 4.52. The monoisotopic (exact) mass is 473 g/mol. The Morgan fingerprint density at radius 1 is 0.971 bits per heavy atom. The van der Waals surface area contributed by atoms with Gasteiger partial charge in [-0.3, -0.25) is 19.8 Å². The number of hydrogen-bond acceptors (Lipinski definition) is 4. The van der Waals surface area contributed by atoms with Crippen molar-refractivity contribution in [3.8, 4) is 5.69 Å². The van der Waals surface area contributed by atoms with Gasteiger partial charge in [-0.25, -0.2) is 4.79 Å². The van der Waals surface area contributed by atoms with Crippen LogP contribution in [0.2, 0.25) is 0 Å². The third-order valence-electron chi connectivity index (χ3n) is 5.69. The van der Waals surface area contributed by atoms with Crippen LogP contribution in [0, 0.1) is 27.7 Å². The van der Waals surface area contributed by atoms with E-state index in [4.69, 9.17) is 12.2 Å². The van der Waals surface area contributed by atoms with Gasteiger partial charge in [0.15, 0.2) is 5.11 Å². The Kier molecular flexibility index (Phi) is 5.93. The van der Waals surface area contributed by atoms with Gasteiger partial charge in [0.05, 0.1) is 11.3 Å². The molecule has 0 atom stereocenters. The highest BCUT2D eigenvalue weighted by Crippen LogP contribution is 2.27. The number of amides is 2. The molecular formula is C26H23N3O4S. The van der Waals surface area contributed by atoms with Crippen molar-refractivity contribution in [2.45, 2.75) is 27.7 Å². The maximum Gasteiger partial charge on any atom is 0.335 e. The molecule has 0 bridgehead atoms. The molecule has 1 saturated heterocycles. The third kappa shape index (κ3) is 4.15. The van der Waals surface area contributed by atoms with Gasteiger partial charge in [-0.1, -0.05) is 12.1 Å². The molecule has 2 N–H and O–H groups in total. The zero-order valence-corrected chi connectivity index (χ0v) is 20.0. The van der Waals surface area contributed by atoms with Gasteiger partial charge >= 0.3 is 5.97 Å². The minimum atomic E-state index is -1.13. The second-order valence-corrected chi connectivity index (χ2v) is 8.71. The Labute approximate surface area is 202 Å². The molecule has 1 fully saturated rings. The number of aromatic carboxylic acids is 1. The lowest BCUT2D eigenvalue weighted by atomic mass is 10.1. The summed E-state index contributed by atoms with van der Waals surface area (Å²) in [6.07, 6.45) is 1.55. The molecule has 0 aliphatic carbocycles. The van der Waals surface area contributed by atoms with E-state index in [-0.39, 0.29) is 21.9 Å². The summed E-state index contributed by atoms with van der Waals surface area (Å²) in [5, 5.41) is 11.7. The van der Waals surface area contributed by atoms with E-state index in [1.807, 2.05) is 33.8 Å². The summed E-state index contributed by atoms with van der Waals surface area (Å²) in [7, 11) is 0. The molecule has 4 rings (SSSR count). The lowest BCUT2D eigenvalue weighted by Gasteiger charge is -2.29. The van der Waals surface area contributed by atoms with Crippen molar-refractivity contribution >= 4 is 46.9 Å². The van der Waals surface area contributed by atoms with Gasteiger partial charge in [0.25, 0.3) is 11.8 Å². The van der Waals surface area contributed by atoms with Gasteiger partial charge in [-0.05, 0) is 99.1 Å². The number of hydrogen-bond donors (Lipinski definition) is 2. The van der Waals surface area contributed by atoms with Crippen molar-refractivity contribution in [3.63, 3.8) is 0 Å². The van der Waals surface area contributed by atoms with E-state index in [9.17, 15) is 19.5 Å². The van der Waals surface area contributed by atoms with Crippen LogP contribution in [-0.4, -0.2) is 32.6 Å². The first-order valence-corrected chi connectivity index (χ1v) is 11.0. The van der Waals surface area contributed by atoms with Crippen molar-refractivity contribution in [2.24, 2.45) is 0 Å². The SMILES string of the molecule is Cc1cc(C)cc(-n2c(C)cc(C=C3C(=O)NC(=S)N(c4cccc(C(=O)O)c4)C3=O)c2C)c1. The molecule has 1 aromatic heterocycles. The summed E-state index contributed by atoms with van der Waals surface area (Å²) in [4.78, 5) is 38.6. The van der Waals surface area contributed by atoms with E-state index < -0.39 is 17.8 Å². The highest BCUT2D eigenvalue weighted by Gasteiger charge is 2.35. The van der Waals surface area contributed by atoms with Crippen molar-refractivity contribution < 1.29 is 19.5 Å². The Morgan fingerprint density at radius 2 is 1.65 bits per heavy atom. The van der Waals surface area contributed by atoms with Gasteiger partial charge < -0.3 is 9.67 Å². The Morgan fingerprint density at radius 3 is 2.29 bits per heavy atom. The van der Waals surface area contributed by atoms with Crippen LogP contribution < -0.4 is 10.2 Å². The van der Waals surface area contributed by atoms with E-state index >= 15 is 0 Å². The molecule has 0 unspecified atom stereocenters. The first kappa shape index (κ1) is 23.1. The van der Waals surface area contributed by atoms with Crippen molar-refractivity contribution in [2.75, 3.05) is 4.90 Å². The summed E-state index contributed by atoms with van der Waals surface area (Å²) >= 11 is 5.22. The zero-order chi connectivity index (χ0) is 24.7. The average Bonchev–Trinajstić information content (AvgIpc) is 3.03. The molecule has 3 aromatic rings. The predicted molar refractivity (Wildman–Crippen MR) is 134 cm³/mol. The van der Waals surface area contributed by atoms with Crippen LogP contribution in [0.3, 0.4) is 0 Å². The molecule has 34 heavy (non-hydrogen) atoms. The van der Waals surface area contributed by atoms with Crippen LogP contribution in [0.25, 0.3) is 11.8 Å². The number of anilines is 1. The molecule has 1 aliphatic rings. The number of carboxylic acid groups (broad SMARTS) is 1. The van der Waals surface area contributed by atoms with E-state index in [0.717, 1.165) is 38.7 Å². The fraction of sp³-hybridized carbons (Fsp3) is 0.154.